The van der Waals surface area contributed by atoms with Gasteiger partial charge in [-0.2, -0.15) is 0 Å². The van der Waals surface area contributed by atoms with Gasteiger partial charge in [-0.05, 0) is 36.8 Å². The molecule has 0 saturated heterocycles. The number of nitrogens with one attached hydrogen (secondary N) is 2. The molecule has 5 heteroatoms. The molecule has 0 radical (unpaired) electrons. The lowest BCUT2D eigenvalue weighted by Crippen LogP contribution is -2.44. The zero-order valence-corrected chi connectivity index (χ0v) is 12.5. The third kappa shape index (κ3) is 2.47. The highest BCUT2D eigenvalue weighted by Gasteiger charge is 2.25. The number of anilines is 1. The fourth-order valence-corrected chi connectivity index (χ4v) is 4.13. The topological polar surface area (TPSA) is 54.0 Å². The molecule has 1 unspecified atom stereocenters. The van der Waals surface area contributed by atoms with Crippen molar-refractivity contribution in [3.05, 3.63) is 46.0 Å². The van der Waals surface area contributed by atoms with Gasteiger partial charge in [-0.15, -0.1) is 11.3 Å². The van der Waals surface area contributed by atoms with Crippen LogP contribution in [0.4, 0.5) is 5.13 Å². The summed E-state index contributed by atoms with van der Waals surface area (Å²) in [5.74, 6) is 0.0249. The maximum absolute atomic E-state index is 12.4. The molecule has 1 aliphatic carbocycles. The number of thiazole rings is 1. The highest BCUT2D eigenvalue weighted by atomic mass is 32.1. The third-order valence-corrected chi connectivity index (χ3v) is 5.30. The fourth-order valence-electron chi connectivity index (χ4n) is 3.08. The molecule has 2 N–H and O–H groups in total. The van der Waals surface area contributed by atoms with Crippen LogP contribution < -0.4 is 10.6 Å². The average molecular weight is 299 g/mol. The number of hydrogen-bond donors (Lipinski definition) is 2. The molecule has 0 spiro atoms. The SMILES string of the molecule is O=C(Nc1nc2c(s1)CCC2)C1Cc2ccccc2CN1. The predicted molar refractivity (Wildman–Crippen MR) is 83.5 cm³/mol. The summed E-state index contributed by atoms with van der Waals surface area (Å²) >= 11 is 1.63. The van der Waals surface area contributed by atoms with Crippen LogP contribution in [-0.2, 0) is 30.6 Å². The molecule has 1 aromatic heterocycles. The van der Waals surface area contributed by atoms with Crippen LogP contribution in [0.25, 0.3) is 0 Å². The summed E-state index contributed by atoms with van der Waals surface area (Å²) in [7, 11) is 0. The second-order valence-corrected chi connectivity index (χ2v) is 6.72. The maximum atomic E-state index is 12.4. The first-order valence-electron chi connectivity index (χ1n) is 7.39. The molecule has 1 aliphatic heterocycles. The van der Waals surface area contributed by atoms with Crippen LogP contribution in [0.5, 0.6) is 0 Å². The largest absolute Gasteiger partial charge is 0.301 e. The molecular formula is C16H17N3OS. The van der Waals surface area contributed by atoms with E-state index in [2.05, 4.69) is 27.8 Å². The molecular weight excluding hydrogens is 282 g/mol. The molecule has 21 heavy (non-hydrogen) atoms. The second-order valence-electron chi connectivity index (χ2n) is 5.64. The Hall–Kier alpha value is -1.72. The fraction of sp³-hybridized carbons (Fsp3) is 0.375. The number of benzene rings is 1. The van der Waals surface area contributed by atoms with Gasteiger partial charge in [-0.3, -0.25) is 4.79 Å². The van der Waals surface area contributed by atoms with Gasteiger partial charge in [-0.25, -0.2) is 4.98 Å². The highest BCUT2D eigenvalue weighted by molar-refractivity contribution is 7.15. The first kappa shape index (κ1) is 13.0. The van der Waals surface area contributed by atoms with E-state index < -0.39 is 0 Å². The lowest BCUT2D eigenvalue weighted by atomic mass is 9.95. The predicted octanol–water partition coefficient (Wildman–Crippen LogP) is 2.28. The van der Waals surface area contributed by atoms with Crippen molar-refractivity contribution in [1.82, 2.24) is 10.3 Å². The van der Waals surface area contributed by atoms with Gasteiger partial charge in [-0.1, -0.05) is 24.3 Å². The summed E-state index contributed by atoms with van der Waals surface area (Å²) < 4.78 is 0. The quantitative estimate of drug-likeness (QED) is 0.894. The van der Waals surface area contributed by atoms with E-state index in [-0.39, 0.29) is 11.9 Å². The minimum absolute atomic E-state index is 0.0249. The maximum Gasteiger partial charge on any atom is 0.243 e. The molecule has 4 nitrogen and oxygen atoms in total. The van der Waals surface area contributed by atoms with Crippen LogP contribution >= 0.6 is 11.3 Å². The van der Waals surface area contributed by atoms with E-state index in [1.807, 2.05) is 12.1 Å². The van der Waals surface area contributed by atoms with E-state index in [1.54, 1.807) is 11.3 Å². The average Bonchev–Trinajstić information content (AvgIpc) is 3.08. The normalized spacial score (nSPS) is 19.9. The summed E-state index contributed by atoms with van der Waals surface area (Å²) in [5.41, 5.74) is 3.73. The smallest absolute Gasteiger partial charge is 0.243 e. The van der Waals surface area contributed by atoms with Gasteiger partial charge in [0.1, 0.15) is 0 Å². The number of aryl methyl sites for hydroxylation is 2. The zero-order chi connectivity index (χ0) is 14.2. The summed E-state index contributed by atoms with van der Waals surface area (Å²) in [6.45, 7) is 0.753. The minimum atomic E-state index is -0.168. The van der Waals surface area contributed by atoms with Gasteiger partial charge < -0.3 is 10.6 Å². The van der Waals surface area contributed by atoms with Crippen molar-refractivity contribution in [2.24, 2.45) is 0 Å². The van der Waals surface area contributed by atoms with Crippen molar-refractivity contribution >= 4 is 22.4 Å². The summed E-state index contributed by atoms with van der Waals surface area (Å²) in [4.78, 5) is 18.3. The number of hydrogen-bond acceptors (Lipinski definition) is 4. The minimum Gasteiger partial charge on any atom is -0.301 e. The molecule has 4 rings (SSSR count). The summed E-state index contributed by atoms with van der Waals surface area (Å²) in [5, 5.41) is 7.04. The first-order valence-corrected chi connectivity index (χ1v) is 8.21. The summed E-state index contributed by atoms with van der Waals surface area (Å²) in [6, 6.07) is 8.12. The van der Waals surface area contributed by atoms with Crippen molar-refractivity contribution in [2.75, 3.05) is 5.32 Å². The lowest BCUT2D eigenvalue weighted by molar-refractivity contribution is -0.118. The molecule has 0 bridgehead atoms. The van der Waals surface area contributed by atoms with Crippen LogP contribution in [0.2, 0.25) is 0 Å². The zero-order valence-electron chi connectivity index (χ0n) is 11.7. The highest BCUT2D eigenvalue weighted by Crippen LogP contribution is 2.30. The Morgan fingerprint density at radius 1 is 1.29 bits per heavy atom. The molecule has 2 aromatic rings. The number of fused-ring (bicyclic) bond motifs is 2. The van der Waals surface area contributed by atoms with Gasteiger partial charge in [0.25, 0.3) is 0 Å². The monoisotopic (exact) mass is 299 g/mol. The number of amides is 1. The van der Waals surface area contributed by atoms with Gasteiger partial charge >= 0.3 is 0 Å². The number of rotatable bonds is 2. The van der Waals surface area contributed by atoms with Gasteiger partial charge in [0, 0.05) is 11.4 Å². The first-order chi connectivity index (χ1) is 10.3. The molecule has 1 amide bonds. The molecule has 0 fully saturated rings. The third-order valence-electron chi connectivity index (χ3n) is 4.22. The van der Waals surface area contributed by atoms with Gasteiger partial charge in [0.15, 0.2) is 5.13 Å². The van der Waals surface area contributed by atoms with Crippen molar-refractivity contribution in [3.63, 3.8) is 0 Å². The Labute approximate surface area is 127 Å². The standard InChI is InChI=1S/C16H17N3OS/c20-15(19-16-18-12-6-3-7-14(12)21-16)13-8-10-4-1-2-5-11(10)9-17-13/h1-2,4-5,13,17H,3,6-9H2,(H,18,19,20). The van der Waals surface area contributed by atoms with Crippen LogP contribution in [0.3, 0.4) is 0 Å². The van der Waals surface area contributed by atoms with E-state index in [9.17, 15) is 4.79 Å². The van der Waals surface area contributed by atoms with E-state index in [4.69, 9.17) is 0 Å². The Bertz CT molecular complexity index is 673. The van der Waals surface area contributed by atoms with E-state index in [0.717, 1.165) is 30.9 Å². The molecule has 2 aliphatic rings. The molecule has 108 valence electrons. The van der Waals surface area contributed by atoms with Crippen LogP contribution in [0, 0.1) is 0 Å². The molecule has 1 atom stereocenters. The number of carbonyl (C=O) groups excluding carboxylic acids is 1. The van der Waals surface area contributed by atoms with Gasteiger partial charge in [0.2, 0.25) is 5.91 Å². The van der Waals surface area contributed by atoms with Crippen LogP contribution in [0.15, 0.2) is 24.3 Å². The number of nitrogens with zero attached hydrogens (tertiary/aromatic N) is 1. The van der Waals surface area contributed by atoms with Crippen molar-refractivity contribution in [2.45, 2.75) is 38.3 Å². The molecule has 0 saturated carbocycles. The van der Waals surface area contributed by atoms with E-state index in [0.29, 0.717) is 0 Å². The second kappa shape index (κ2) is 5.24. The Kier molecular flexibility index (Phi) is 3.24. The number of carbonyl (C=O) groups is 1. The Morgan fingerprint density at radius 3 is 3.00 bits per heavy atom. The van der Waals surface area contributed by atoms with Crippen LogP contribution in [-0.4, -0.2) is 16.9 Å². The Balaban J connectivity index is 1.46. The van der Waals surface area contributed by atoms with Crippen molar-refractivity contribution in [3.8, 4) is 0 Å². The summed E-state index contributed by atoms with van der Waals surface area (Å²) in [6.07, 6.45) is 4.10. The Morgan fingerprint density at radius 2 is 2.14 bits per heavy atom. The van der Waals surface area contributed by atoms with E-state index in [1.165, 1.54) is 28.1 Å². The van der Waals surface area contributed by atoms with Gasteiger partial charge in [0.05, 0.1) is 11.7 Å². The van der Waals surface area contributed by atoms with Crippen LogP contribution in [0.1, 0.15) is 28.1 Å². The molecule has 2 heterocycles. The lowest BCUT2D eigenvalue weighted by Gasteiger charge is -2.24. The van der Waals surface area contributed by atoms with E-state index >= 15 is 0 Å². The van der Waals surface area contributed by atoms with Crippen molar-refractivity contribution in [1.29, 1.82) is 0 Å². The van der Waals surface area contributed by atoms with Crippen molar-refractivity contribution < 1.29 is 4.79 Å². The number of aromatic nitrogens is 1. The molecule has 1 aromatic carbocycles.